The normalized spacial score (nSPS) is 22.8. The van der Waals surface area contributed by atoms with Crippen molar-refractivity contribution in [3.8, 4) is 0 Å². The van der Waals surface area contributed by atoms with E-state index in [2.05, 4.69) is 17.6 Å². The highest BCUT2D eigenvalue weighted by atomic mass is 35.5. The lowest BCUT2D eigenvalue weighted by Crippen LogP contribution is -2.38. The molecule has 4 rings (SSSR count). The van der Waals surface area contributed by atoms with Crippen molar-refractivity contribution in [2.24, 2.45) is 5.92 Å². The molecule has 0 unspecified atom stereocenters. The smallest absolute Gasteiger partial charge is 0.256 e. The van der Waals surface area contributed by atoms with Crippen molar-refractivity contribution in [3.63, 3.8) is 0 Å². The van der Waals surface area contributed by atoms with Gasteiger partial charge in [0.05, 0.1) is 5.56 Å². The number of rotatable bonds is 2. The lowest BCUT2D eigenvalue weighted by Gasteiger charge is -2.27. The third-order valence-electron chi connectivity index (χ3n) is 4.90. The second kappa shape index (κ2) is 5.84. The van der Waals surface area contributed by atoms with E-state index in [-0.39, 0.29) is 12.1 Å². The van der Waals surface area contributed by atoms with E-state index >= 15 is 0 Å². The number of hydrogen-bond acceptors (Lipinski definition) is 3. The number of hydrogen-bond donors (Lipinski definition) is 2. The first-order valence-corrected chi connectivity index (χ1v) is 9.32. The maximum absolute atomic E-state index is 12.7. The van der Waals surface area contributed by atoms with Gasteiger partial charge in [-0.25, -0.2) is 0 Å². The number of anilines is 1. The van der Waals surface area contributed by atoms with Crippen LogP contribution in [0.15, 0.2) is 24.3 Å². The Morgan fingerprint density at radius 2 is 2.22 bits per heavy atom. The molecule has 0 saturated heterocycles. The van der Waals surface area contributed by atoms with Gasteiger partial charge in [-0.05, 0) is 48.4 Å². The van der Waals surface area contributed by atoms with Gasteiger partial charge >= 0.3 is 0 Å². The molecule has 5 heteroatoms. The van der Waals surface area contributed by atoms with Crippen LogP contribution in [0.5, 0.6) is 0 Å². The van der Waals surface area contributed by atoms with Gasteiger partial charge in [0, 0.05) is 9.90 Å². The standard InChI is InChI=1S/C18H19ClN2OS/c1-2-10-6-7-13-14(8-10)23-18-15(13)17(22)20-16(21-18)11-4-3-5-12(19)9-11/h3-5,9-10,16,21H,2,6-8H2,1H3,(H,20,22)/t10-,16-/m0/s1. The predicted molar refractivity (Wildman–Crippen MR) is 95.4 cm³/mol. The van der Waals surface area contributed by atoms with Crippen LogP contribution in [-0.2, 0) is 12.8 Å². The zero-order valence-electron chi connectivity index (χ0n) is 13.0. The lowest BCUT2D eigenvalue weighted by molar-refractivity contribution is 0.0935. The average Bonchev–Trinajstić information content (AvgIpc) is 2.92. The number of carbonyl (C=O) groups excluding carboxylic acids is 1. The monoisotopic (exact) mass is 346 g/mol. The summed E-state index contributed by atoms with van der Waals surface area (Å²) in [4.78, 5) is 14.1. The second-order valence-corrected chi connectivity index (χ2v) is 7.87. The third kappa shape index (κ3) is 2.64. The summed E-state index contributed by atoms with van der Waals surface area (Å²) in [5.41, 5.74) is 3.12. The third-order valence-corrected chi connectivity index (χ3v) is 6.33. The Kier molecular flexibility index (Phi) is 3.82. The molecule has 1 amide bonds. The molecule has 1 aromatic heterocycles. The van der Waals surface area contributed by atoms with Crippen LogP contribution in [0.3, 0.4) is 0 Å². The molecule has 0 saturated carbocycles. The van der Waals surface area contributed by atoms with Gasteiger partial charge in [-0.3, -0.25) is 4.79 Å². The summed E-state index contributed by atoms with van der Waals surface area (Å²) < 4.78 is 0. The van der Waals surface area contributed by atoms with Crippen molar-refractivity contribution < 1.29 is 4.79 Å². The molecule has 3 nitrogen and oxygen atoms in total. The van der Waals surface area contributed by atoms with Gasteiger partial charge in [0.2, 0.25) is 0 Å². The zero-order chi connectivity index (χ0) is 16.0. The van der Waals surface area contributed by atoms with E-state index in [9.17, 15) is 4.79 Å². The summed E-state index contributed by atoms with van der Waals surface area (Å²) in [6, 6.07) is 7.63. The summed E-state index contributed by atoms with van der Waals surface area (Å²) in [6.45, 7) is 2.25. The van der Waals surface area contributed by atoms with Crippen LogP contribution in [0.25, 0.3) is 0 Å². The van der Waals surface area contributed by atoms with Crippen LogP contribution in [0.2, 0.25) is 5.02 Å². The molecule has 0 bridgehead atoms. The molecule has 0 fully saturated rings. The lowest BCUT2D eigenvalue weighted by atomic mass is 9.85. The molecule has 2 atom stereocenters. The van der Waals surface area contributed by atoms with Gasteiger partial charge in [0.1, 0.15) is 11.2 Å². The van der Waals surface area contributed by atoms with Gasteiger partial charge in [0.15, 0.2) is 0 Å². The molecule has 23 heavy (non-hydrogen) atoms. The first-order valence-electron chi connectivity index (χ1n) is 8.13. The summed E-state index contributed by atoms with van der Waals surface area (Å²) in [5.74, 6) is 0.797. The van der Waals surface area contributed by atoms with Crippen molar-refractivity contribution in [3.05, 3.63) is 50.9 Å². The zero-order valence-corrected chi connectivity index (χ0v) is 14.6. The molecule has 1 aromatic carbocycles. The van der Waals surface area contributed by atoms with Crippen molar-refractivity contribution >= 4 is 33.8 Å². The fourth-order valence-electron chi connectivity index (χ4n) is 3.57. The van der Waals surface area contributed by atoms with Crippen LogP contribution in [0.1, 0.15) is 52.3 Å². The highest BCUT2D eigenvalue weighted by Gasteiger charge is 2.33. The maximum Gasteiger partial charge on any atom is 0.256 e. The summed E-state index contributed by atoms with van der Waals surface area (Å²) >= 11 is 7.84. The largest absolute Gasteiger partial charge is 0.353 e. The molecule has 2 aliphatic rings. The number of benzene rings is 1. The van der Waals surface area contributed by atoms with Crippen LogP contribution < -0.4 is 10.6 Å². The number of thiophene rings is 1. The molecular weight excluding hydrogens is 328 g/mol. The Labute approximate surface area is 145 Å². The van der Waals surface area contributed by atoms with Crippen LogP contribution in [0.4, 0.5) is 5.00 Å². The molecule has 2 aromatic rings. The molecule has 1 aliphatic heterocycles. The van der Waals surface area contributed by atoms with E-state index in [1.165, 1.54) is 23.3 Å². The second-order valence-electron chi connectivity index (χ2n) is 6.33. The van der Waals surface area contributed by atoms with Gasteiger partial charge in [-0.2, -0.15) is 0 Å². The van der Waals surface area contributed by atoms with Crippen molar-refractivity contribution in [1.29, 1.82) is 0 Å². The minimum atomic E-state index is -0.212. The van der Waals surface area contributed by atoms with Crippen molar-refractivity contribution in [2.45, 2.75) is 38.8 Å². The molecule has 0 radical (unpaired) electrons. The first kappa shape index (κ1) is 15.0. The number of carbonyl (C=O) groups is 1. The van der Waals surface area contributed by atoms with E-state index in [1.807, 2.05) is 24.3 Å². The average molecular weight is 347 g/mol. The summed E-state index contributed by atoms with van der Waals surface area (Å²) in [7, 11) is 0. The Bertz CT molecular complexity index is 770. The van der Waals surface area contributed by atoms with E-state index in [0.29, 0.717) is 5.02 Å². The highest BCUT2D eigenvalue weighted by Crippen LogP contribution is 2.43. The molecule has 2 N–H and O–H groups in total. The predicted octanol–water partition coefficient (Wildman–Crippen LogP) is 4.77. The minimum absolute atomic E-state index is 0.0381. The highest BCUT2D eigenvalue weighted by molar-refractivity contribution is 7.16. The number of nitrogens with one attached hydrogen (secondary N) is 2. The van der Waals surface area contributed by atoms with Crippen molar-refractivity contribution in [2.75, 3.05) is 5.32 Å². The van der Waals surface area contributed by atoms with E-state index in [1.54, 1.807) is 11.3 Å². The number of fused-ring (bicyclic) bond motifs is 3. The quantitative estimate of drug-likeness (QED) is 0.822. The summed E-state index contributed by atoms with van der Waals surface area (Å²) in [6.07, 6.45) is 4.33. The fourth-order valence-corrected chi connectivity index (χ4v) is 5.15. The van der Waals surface area contributed by atoms with Crippen LogP contribution >= 0.6 is 22.9 Å². The molecular formula is C18H19ClN2OS. The summed E-state index contributed by atoms with van der Waals surface area (Å²) in [5, 5.41) is 8.26. The SMILES string of the molecule is CC[C@H]1CCc2c(sc3c2C(=O)N[C@H](c2cccc(Cl)c2)N3)C1. The van der Waals surface area contributed by atoms with E-state index in [4.69, 9.17) is 11.6 Å². The van der Waals surface area contributed by atoms with Crippen LogP contribution in [-0.4, -0.2) is 5.91 Å². The molecule has 0 spiro atoms. The topological polar surface area (TPSA) is 41.1 Å². The maximum atomic E-state index is 12.7. The minimum Gasteiger partial charge on any atom is -0.353 e. The van der Waals surface area contributed by atoms with Crippen LogP contribution in [0, 0.1) is 5.92 Å². The molecule has 1 aliphatic carbocycles. The Balaban J connectivity index is 1.68. The molecule has 2 heterocycles. The number of amides is 1. The Morgan fingerprint density at radius 3 is 3.00 bits per heavy atom. The van der Waals surface area contributed by atoms with Crippen molar-refractivity contribution in [1.82, 2.24) is 5.32 Å². The van der Waals surface area contributed by atoms with Gasteiger partial charge in [-0.1, -0.05) is 37.1 Å². The van der Waals surface area contributed by atoms with Gasteiger partial charge in [-0.15, -0.1) is 11.3 Å². The Hall–Kier alpha value is -1.52. The Morgan fingerprint density at radius 1 is 1.35 bits per heavy atom. The fraction of sp³-hybridized carbons (Fsp3) is 0.389. The van der Waals surface area contributed by atoms with E-state index in [0.717, 1.165) is 34.9 Å². The van der Waals surface area contributed by atoms with Gasteiger partial charge in [0.25, 0.3) is 5.91 Å². The number of halogens is 1. The van der Waals surface area contributed by atoms with Gasteiger partial charge < -0.3 is 10.6 Å². The first-order chi connectivity index (χ1) is 11.2. The molecule has 120 valence electrons. The van der Waals surface area contributed by atoms with E-state index < -0.39 is 0 Å².